The van der Waals surface area contributed by atoms with Crippen LogP contribution in [0.4, 0.5) is 13.2 Å². The zero-order valence-corrected chi connectivity index (χ0v) is 21.9. The van der Waals surface area contributed by atoms with Crippen LogP contribution in [0.1, 0.15) is 59.3 Å². The lowest BCUT2D eigenvalue weighted by atomic mass is 9.98. The van der Waals surface area contributed by atoms with E-state index < -0.39 is 29.6 Å². The van der Waals surface area contributed by atoms with Gasteiger partial charge in [0.25, 0.3) is 11.5 Å². The number of halogens is 3. The zero-order chi connectivity index (χ0) is 28.7. The van der Waals surface area contributed by atoms with Crippen LogP contribution in [0.3, 0.4) is 0 Å². The Morgan fingerprint density at radius 2 is 1.79 bits per heavy atom. The van der Waals surface area contributed by atoms with Gasteiger partial charge < -0.3 is 15.4 Å². The van der Waals surface area contributed by atoms with Crippen molar-refractivity contribution in [1.82, 2.24) is 14.5 Å². The van der Waals surface area contributed by atoms with Crippen molar-refractivity contribution in [2.75, 3.05) is 13.1 Å². The largest absolute Gasteiger partial charge is 0.573 e. The van der Waals surface area contributed by atoms with Crippen molar-refractivity contribution in [3.8, 4) is 11.8 Å². The number of rotatable bonds is 10. The number of alkyl halides is 3. The summed E-state index contributed by atoms with van der Waals surface area (Å²) in [7, 11) is 0. The van der Waals surface area contributed by atoms with Gasteiger partial charge >= 0.3 is 6.36 Å². The summed E-state index contributed by atoms with van der Waals surface area (Å²) in [5.41, 5.74) is 6.47. The van der Waals surface area contributed by atoms with E-state index in [4.69, 9.17) is 5.73 Å². The molecule has 206 valence electrons. The van der Waals surface area contributed by atoms with Crippen LogP contribution in [-0.2, 0) is 6.54 Å². The molecule has 2 aromatic carbocycles. The highest BCUT2D eigenvalue weighted by Crippen LogP contribution is 2.30. The predicted molar refractivity (Wildman–Crippen MR) is 139 cm³/mol. The van der Waals surface area contributed by atoms with Crippen molar-refractivity contribution in [3.05, 3.63) is 93.2 Å². The summed E-state index contributed by atoms with van der Waals surface area (Å²) < 4.78 is 43.2. The fourth-order valence-corrected chi connectivity index (χ4v) is 4.31. The first-order valence-electron chi connectivity index (χ1n) is 12.4. The summed E-state index contributed by atoms with van der Waals surface area (Å²) in [5, 5.41) is 9.69. The summed E-state index contributed by atoms with van der Waals surface area (Å²) in [6, 6.07) is 15.1. The minimum absolute atomic E-state index is 0.0372. The molecule has 1 aromatic heterocycles. The molecule has 0 radical (unpaired) electrons. The number of nitriles is 1. The van der Waals surface area contributed by atoms with Gasteiger partial charge in [-0.15, -0.1) is 13.2 Å². The van der Waals surface area contributed by atoms with E-state index in [-0.39, 0.29) is 48.2 Å². The van der Waals surface area contributed by atoms with Gasteiger partial charge in [0.1, 0.15) is 17.6 Å². The monoisotopic (exact) mass is 541 g/mol. The average molecular weight is 542 g/mol. The van der Waals surface area contributed by atoms with Gasteiger partial charge in [-0.2, -0.15) is 5.26 Å². The summed E-state index contributed by atoms with van der Waals surface area (Å²) in [6.07, 6.45) is -4.44. The molecule has 3 aromatic rings. The van der Waals surface area contributed by atoms with Crippen LogP contribution in [0.5, 0.6) is 5.75 Å². The molecule has 1 heterocycles. The van der Waals surface area contributed by atoms with E-state index in [1.54, 1.807) is 0 Å². The number of carbonyl (C=O) groups excluding carboxylic acids is 1. The molecule has 0 saturated carbocycles. The third kappa shape index (κ3) is 7.23. The lowest BCUT2D eigenvalue weighted by molar-refractivity contribution is -0.274. The van der Waals surface area contributed by atoms with Gasteiger partial charge in [-0.05, 0) is 55.6 Å². The van der Waals surface area contributed by atoms with E-state index in [0.29, 0.717) is 6.42 Å². The van der Waals surface area contributed by atoms with E-state index in [1.807, 2.05) is 50.2 Å². The third-order valence-corrected chi connectivity index (χ3v) is 6.14. The highest BCUT2D eigenvalue weighted by molar-refractivity contribution is 5.94. The van der Waals surface area contributed by atoms with Crippen molar-refractivity contribution in [2.45, 2.75) is 46.1 Å². The van der Waals surface area contributed by atoms with Gasteiger partial charge in [0.15, 0.2) is 5.69 Å². The van der Waals surface area contributed by atoms with Crippen LogP contribution in [-0.4, -0.2) is 39.8 Å². The molecule has 1 amide bonds. The number of hydrogen-bond acceptors (Lipinski definition) is 6. The van der Waals surface area contributed by atoms with Crippen LogP contribution in [0, 0.1) is 24.2 Å². The Morgan fingerprint density at radius 3 is 2.33 bits per heavy atom. The molecule has 0 bridgehead atoms. The third-order valence-electron chi connectivity index (χ3n) is 6.14. The van der Waals surface area contributed by atoms with Crippen LogP contribution in [0.2, 0.25) is 0 Å². The summed E-state index contributed by atoms with van der Waals surface area (Å²) in [5.74, 6) is -0.963. The van der Waals surface area contributed by atoms with Gasteiger partial charge in [-0.3, -0.25) is 14.2 Å². The maximum atomic E-state index is 13.8. The number of nitrogens with two attached hydrogens (primary N) is 1. The van der Waals surface area contributed by atoms with E-state index in [1.165, 1.54) is 28.5 Å². The number of ether oxygens (including phenoxy) is 1. The molecule has 39 heavy (non-hydrogen) atoms. The average Bonchev–Trinajstić information content (AvgIpc) is 2.89. The van der Waals surface area contributed by atoms with Gasteiger partial charge in [0.05, 0.1) is 18.2 Å². The Labute approximate surface area is 224 Å². The summed E-state index contributed by atoms with van der Waals surface area (Å²) >= 11 is 0. The minimum Gasteiger partial charge on any atom is -0.406 e. The van der Waals surface area contributed by atoms with Crippen LogP contribution in [0.15, 0.2) is 59.4 Å². The van der Waals surface area contributed by atoms with Crippen LogP contribution >= 0.6 is 0 Å². The molecule has 0 aliphatic heterocycles. The number of aromatic nitrogens is 2. The van der Waals surface area contributed by atoms with Crippen LogP contribution in [0.25, 0.3) is 0 Å². The molecule has 3 rings (SSSR count). The molecule has 1 unspecified atom stereocenters. The normalized spacial score (nSPS) is 12.2. The molecule has 0 spiro atoms. The molecule has 0 fully saturated rings. The highest BCUT2D eigenvalue weighted by Gasteiger charge is 2.34. The zero-order valence-electron chi connectivity index (χ0n) is 21.9. The number of carbonyl (C=O) groups is 1. The number of hydrogen-bond donors (Lipinski definition) is 1. The second kappa shape index (κ2) is 12.6. The smallest absolute Gasteiger partial charge is 0.406 e. The summed E-state index contributed by atoms with van der Waals surface area (Å²) in [4.78, 5) is 33.3. The van der Waals surface area contributed by atoms with Gasteiger partial charge in [-0.1, -0.05) is 44.2 Å². The van der Waals surface area contributed by atoms with Crippen molar-refractivity contribution in [1.29, 1.82) is 5.26 Å². The Bertz CT molecular complexity index is 1380. The fraction of sp³-hybridized carbons (Fsp3) is 0.357. The molecule has 0 aliphatic rings. The lowest BCUT2D eigenvalue weighted by Crippen LogP contribution is -2.43. The SMILES string of the molecule is Cc1c(C#N)nc(C(C(C)C)N(CCCN)C(=O)c2ccc(OC(F)(F)F)cc2)n(Cc2ccccc2)c1=O. The van der Waals surface area contributed by atoms with E-state index in [2.05, 4.69) is 9.72 Å². The molecule has 1 atom stereocenters. The van der Waals surface area contributed by atoms with Crippen molar-refractivity contribution >= 4 is 5.91 Å². The van der Waals surface area contributed by atoms with Crippen molar-refractivity contribution in [3.63, 3.8) is 0 Å². The minimum atomic E-state index is -4.86. The van der Waals surface area contributed by atoms with E-state index in [9.17, 15) is 28.0 Å². The molecular formula is C28H30F3N5O3. The number of nitrogens with zero attached hydrogens (tertiary/aromatic N) is 4. The Kier molecular flexibility index (Phi) is 9.48. The first-order valence-corrected chi connectivity index (χ1v) is 12.4. The first-order chi connectivity index (χ1) is 18.5. The Morgan fingerprint density at radius 1 is 1.15 bits per heavy atom. The molecular weight excluding hydrogens is 511 g/mol. The molecule has 2 N–H and O–H groups in total. The number of benzene rings is 2. The lowest BCUT2D eigenvalue weighted by Gasteiger charge is -2.35. The number of amides is 1. The molecule has 11 heteroatoms. The standard InChI is InChI=1S/C28H30F3N5O3/c1-18(2)24(25-34-23(16-33)19(3)26(37)36(25)17-20-8-5-4-6-9-20)35(15-7-14-32)27(38)21-10-12-22(13-11-21)39-28(29,30)31/h4-6,8-13,18,24H,7,14-15,17,32H2,1-3H3. The quantitative estimate of drug-likeness (QED) is 0.403. The topological polar surface area (TPSA) is 114 Å². The molecule has 8 nitrogen and oxygen atoms in total. The van der Waals surface area contributed by atoms with E-state index >= 15 is 0 Å². The Balaban J connectivity index is 2.14. The van der Waals surface area contributed by atoms with Crippen molar-refractivity contribution in [2.24, 2.45) is 11.7 Å². The second-order valence-electron chi connectivity index (χ2n) is 9.33. The predicted octanol–water partition coefficient (Wildman–Crippen LogP) is 4.56. The fourth-order valence-electron chi connectivity index (χ4n) is 4.31. The van der Waals surface area contributed by atoms with Gasteiger partial charge in [0.2, 0.25) is 0 Å². The summed E-state index contributed by atoms with van der Waals surface area (Å²) in [6.45, 7) is 5.88. The first kappa shape index (κ1) is 29.4. The maximum absolute atomic E-state index is 13.8. The van der Waals surface area contributed by atoms with E-state index in [0.717, 1.165) is 17.7 Å². The molecule has 0 aliphatic carbocycles. The second-order valence-corrected chi connectivity index (χ2v) is 9.33. The Hall–Kier alpha value is -4.17. The molecule has 0 saturated heterocycles. The maximum Gasteiger partial charge on any atom is 0.573 e. The van der Waals surface area contributed by atoms with Gasteiger partial charge in [0, 0.05) is 12.1 Å². The van der Waals surface area contributed by atoms with Gasteiger partial charge in [-0.25, -0.2) is 4.98 Å². The highest BCUT2D eigenvalue weighted by atomic mass is 19.4. The van der Waals surface area contributed by atoms with Crippen LogP contribution < -0.4 is 16.0 Å². The van der Waals surface area contributed by atoms with Crippen molar-refractivity contribution < 1.29 is 22.7 Å².